The molecule has 0 saturated heterocycles. The minimum absolute atomic E-state index is 0.116. The Morgan fingerprint density at radius 3 is 2.41 bits per heavy atom. The van der Waals surface area contributed by atoms with Gasteiger partial charge in [-0.3, -0.25) is 9.59 Å². The Balaban J connectivity index is 2.27. The van der Waals surface area contributed by atoms with Crippen LogP contribution in [0.2, 0.25) is 10.0 Å². The second-order valence-corrected chi connectivity index (χ2v) is 8.19. The van der Waals surface area contributed by atoms with E-state index in [0.29, 0.717) is 11.6 Å². The van der Waals surface area contributed by atoms with Crippen molar-refractivity contribution in [3.8, 4) is 0 Å². The van der Waals surface area contributed by atoms with Crippen LogP contribution in [0.3, 0.4) is 0 Å². The summed E-state index contributed by atoms with van der Waals surface area (Å²) in [7, 11) is 0. The van der Waals surface area contributed by atoms with Gasteiger partial charge in [0.2, 0.25) is 11.8 Å². The van der Waals surface area contributed by atoms with E-state index in [1.54, 1.807) is 25.1 Å². The molecule has 1 N–H and O–H groups in total. The number of benzene rings is 2. The Kier molecular flexibility index (Phi) is 8.47. The van der Waals surface area contributed by atoms with Crippen molar-refractivity contribution in [3.05, 3.63) is 69.5 Å². The lowest BCUT2D eigenvalue weighted by Gasteiger charge is -2.29. The molecular formula is C22H25Cl2FN2O2. The highest BCUT2D eigenvalue weighted by atomic mass is 35.5. The molecule has 0 fully saturated rings. The van der Waals surface area contributed by atoms with Crippen LogP contribution in [0.4, 0.5) is 4.39 Å². The van der Waals surface area contributed by atoms with E-state index >= 15 is 0 Å². The van der Waals surface area contributed by atoms with Gasteiger partial charge in [-0.1, -0.05) is 55.2 Å². The highest BCUT2D eigenvalue weighted by molar-refractivity contribution is 6.31. The van der Waals surface area contributed by atoms with Crippen LogP contribution in [-0.4, -0.2) is 29.3 Å². The zero-order valence-corrected chi connectivity index (χ0v) is 18.2. The van der Waals surface area contributed by atoms with E-state index in [-0.39, 0.29) is 35.4 Å². The Hall–Kier alpha value is -2.11. The summed E-state index contributed by atoms with van der Waals surface area (Å²) in [6.07, 6.45) is -0.242. The molecule has 0 aliphatic rings. The molecule has 0 heterocycles. The van der Waals surface area contributed by atoms with E-state index in [2.05, 4.69) is 5.32 Å². The summed E-state index contributed by atoms with van der Waals surface area (Å²) < 4.78 is 14.2. The first-order valence-corrected chi connectivity index (χ1v) is 10.2. The first-order chi connectivity index (χ1) is 13.7. The molecule has 2 aromatic carbocycles. The van der Waals surface area contributed by atoms with Crippen LogP contribution in [0.25, 0.3) is 0 Å². The van der Waals surface area contributed by atoms with Crippen molar-refractivity contribution in [1.29, 1.82) is 0 Å². The molecule has 0 radical (unpaired) electrons. The summed E-state index contributed by atoms with van der Waals surface area (Å²) in [6, 6.07) is 10.6. The Bertz CT molecular complexity index is 853. The highest BCUT2D eigenvalue weighted by Gasteiger charge is 2.27. The summed E-state index contributed by atoms with van der Waals surface area (Å²) in [5.74, 6) is -0.941. The van der Waals surface area contributed by atoms with Crippen LogP contribution in [0, 0.1) is 11.7 Å². The lowest BCUT2D eigenvalue weighted by Crippen LogP contribution is -2.48. The van der Waals surface area contributed by atoms with Gasteiger partial charge in [-0.2, -0.15) is 0 Å². The molecule has 0 spiro atoms. The fourth-order valence-corrected chi connectivity index (χ4v) is 3.26. The van der Waals surface area contributed by atoms with Gasteiger partial charge in [0.15, 0.2) is 0 Å². The minimum atomic E-state index is -0.745. The number of carbonyl (C=O) groups excluding carboxylic acids is 2. The third kappa shape index (κ3) is 6.72. The van der Waals surface area contributed by atoms with E-state index < -0.39 is 17.8 Å². The maximum absolute atomic E-state index is 14.2. The number of halogens is 3. The average molecular weight is 439 g/mol. The van der Waals surface area contributed by atoms with Gasteiger partial charge in [-0.05, 0) is 42.7 Å². The molecule has 0 bridgehead atoms. The molecule has 0 aliphatic heterocycles. The summed E-state index contributed by atoms with van der Waals surface area (Å²) in [5.41, 5.74) is 0.888. The van der Waals surface area contributed by atoms with Crippen molar-refractivity contribution in [2.24, 2.45) is 5.92 Å². The van der Waals surface area contributed by atoms with Crippen LogP contribution < -0.4 is 5.32 Å². The van der Waals surface area contributed by atoms with Gasteiger partial charge in [0.05, 0.1) is 6.42 Å². The minimum Gasteiger partial charge on any atom is -0.354 e. The van der Waals surface area contributed by atoms with E-state index in [9.17, 15) is 14.0 Å². The Labute approximate surface area is 181 Å². The van der Waals surface area contributed by atoms with Gasteiger partial charge in [-0.15, -0.1) is 0 Å². The molecule has 156 valence electrons. The molecule has 0 aliphatic carbocycles. The van der Waals surface area contributed by atoms with E-state index in [1.165, 1.54) is 23.1 Å². The maximum atomic E-state index is 14.2. The molecule has 7 heteroatoms. The molecule has 2 amide bonds. The van der Waals surface area contributed by atoms with Gasteiger partial charge in [0, 0.05) is 28.7 Å². The zero-order chi connectivity index (χ0) is 21.6. The molecule has 2 rings (SSSR count). The first-order valence-electron chi connectivity index (χ1n) is 9.43. The fourth-order valence-electron chi connectivity index (χ4n) is 2.82. The molecular weight excluding hydrogens is 414 g/mol. The molecule has 1 unspecified atom stereocenters. The van der Waals surface area contributed by atoms with E-state index in [4.69, 9.17) is 23.2 Å². The second kappa shape index (κ2) is 10.6. The van der Waals surface area contributed by atoms with Crippen molar-refractivity contribution in [2.75, 3.05) is 6.54 Å². The molecule has 0 aromatic heterocycles. The summed E-state index contributed by atoms with van der Waals surface area (Å²) in [4.78, 5) is 27.1. The predicted octanol–water partition coefficient (Wildman–Crippen LogP) is 4.86. The number of nitrogens with zero attached hydrogens (tertiary/aromatic N) is 1. The van der Waals surface area contributed by atoms with Crippen molar-refractivity contribution >= 4 is 35.0 Å². The van der Waals surface area contributed by atoms with Gasteiger partial charge in [0.25, 0.3) is 0 Å². The topological polar surface area (TPSA) is 49.4 Å². The monoisotopic (exact) mass is 438 g/mol. The lowest BCUT2D eigenvalue weighted by atomic mass is 10.1. The van der Waals surface area contributed by atoms with Gasteiger partial charge >= 0.3 is 0 Å². The van der Waals surface area contributed by atoms with E-state index in [0.717, 1.165) is 5.56 Å². The normalized spacial score (nSPS) is 12.0. The molecule has 29 heavy (non-hydrogen) atoms. The lowest BCUT2D eigenvalue weighted by molar-refractivity contribution is -0.140. The molecule has 4 nitrogen and oxygen atoms in total. The first kappa shape index (κ1) is 23.2. The van der Waals surface area contributed by atoms with Crippen LogP contribution in [0.1, 0.15) is 31.9 Å². The number of carbonyl (C=O) groups is 2. The van der Waals surface area contributed by atoms with Gasteiger partial charge in [0.1, 0.15) is 11.9 Å². The van der Waals surface area contributed by atoms with E-state index in [1.807, 2.05) is 19.9 Å². The van der Waals surface area contributed by atoms with Gasteiger partial charge < -0.3 is 10.2 Å². The fraction of sp³-hybridized carbons (Fsp3) is 0.364. The standard InChI is InChI=1S/C22H25Cl2FN2O2/c1-14(2)12-26-22(29)15(3)27(13-16-6-4-7-17(23)10-16)21(28)11-18-19(24)8-5-9-20(18)25/h4-10,14-15H,11-13H2,1-3H3,(H,26,29). The predicted molar refractivity (Wildman–Crippen MR) is 114 cm³/mol. The van der Waals surface area contributed by atoms with Gasteiger partial charge in [-0.25, -0.2) is 4.39 Å². The molecule has 1 atom stereocenters. The third-order valence-corrected chi connectivity index (χ3v) is 5.07. The van der Waals surface area contributed by atoms with Crippen LogP contribution >= 0.6 is 23.2 Å². The number of hydrogen-bond donors (Lipinski definition) is 1. The summed E-state index contributed by atoms with van der Waals surface area (Å²) in [5, 5.41) is 3.55. The van der Waals surface area contributed by atoms with Crippen molar-refractivity contribution in [1.82, 2.24) is 10.2 Å². The van der Waals surface area contributed by atoms with Crippen LogP contribution in [-0.2, 0) is 22.6 Å². The molecule has 0 saturated carbocycles. The van der Waals surface area contributed by atoms with Crippen molar-refractivity contribution in [2.45, 2.75) is 39.8 Å². The second-order valence-electron chi connectivity index (χ2n) is 7.34. The number of hydrogen-bond acceptors (Lipinski definition) is 2. The number of rotatable bonds is 8. The van der Waals surface area contributed by atoms with Crippen LogP contribution in [0.5, 0.6) is 0 Å². The third-order valence-electron chi connectivity index (χ3n) is 4.48. The molecule has 2 aromatic rings. The SMILES string of the molecule is CC(C)CNC(=O)C(C)N(Cc1cccc(Cl)c1)C(=O)Cc1c(F)cccc1Cl. The van der Waals surface area contributed by atoms with Crippen molar-refractivity contribution in [3.63, 3.8) is 0 Å². The Morgan fingerprint density at radius 1 is 1.10 bits per heavy atom. The highest BCUT2D eigenvalue weighted by Crippen LogP contribution is 2.22. The quantitative estimate of drug-likeness (QED) is 0.639. The summed E-state index contributed by atoms with van der Waals surface area (Å²) in [6.45, 7) is 6.30. The maximum Gasteiger partial charge on any atom is 0.242 e. The largest absolute Gasteiger partial charge is 0.354 e. The van der Waals surface area contributed by atoms with Crippen molar-refractivity contribution < 1.29 is 14.0 Å². The van der Waals surface area contributed by atoms with Crippen LogP contribution in [0.15, 0.2) is 42.5 Å². The summed E-state index contributed by atoms with van der Waals surface area (Å²) >= 11 is 12.1. The zero-order valence-electron chi connectivity index (χ0n) is 16.7. The number of nitrogens with one attached hydrogen (secondary N) is 1. The Morgan fingerprint density at radius 2 is 1.79 bits per heavy atom. The average Bonchev–Trinajstić information content (AvgIpc) is 2.66. The number of amides is 2. The smallest absolute Gasteiger partial charge is 0.242 e.